The van der Waals surface area contributed by atoms with Crippen molar-refractivity contribution in [3.05, 3.63) is 28.8 Å². The van der Waals surface area contributed by atoms with Crippen molar-refractivity contribution in [2.75, 3.05) is 46.5 Å². The minimum absolute atomic E-state index is 0.741. The van der Waals surface area contributed by atoms with Gasteiger partial charge in [0, 0.05) is 43.3 Å². The Balaban J connectivity index is 1.74. The van der Waals surface area contributed by atoms with E-state index in [1.54, 1.807) is 7.11 Å². The van der Waals surface area contributed by atoms with Crippen molar-refractivity contribution < 1.29 is 9.47 Å². The van der Waals surface area contributed by atoms with Crippen LogP contribution >= 0.6 is 11.6 Å². The van der Waals surface area contributed by atoms with Gasteiger partial charge in [0.25, 0.3) is 0 Å². The number of nitrogens with zero attached hydrogens (tertiary/aromatic N) is 1. The van der Waals surface area contributed by atoms with E-state index in [4.69, 9.17) is 21.1 Å². The smallest absolute Gasteiger partial charge is 0.123 e. The van der Waals surface area contributed by atoms with Crippen molar-refractivity contribution in [1.82, 2.24) is 10.2 Å². The second-order valence-corrected chi connectivity index (χ2v) is 5.02. The Morgan fingerprint density at radius 2 is 2.16 bits per heavy atom. The molecule has 0 spiro atoms. The molecule has 106 valence electrons. The fourth-order valence-corrected chi connectivity index (χ4v) is 2.37. The first kappa shape index (κ1) is 14.6. The van der Waals surface area contributed by atoms with Crippen LogP contribution in [0.15, 0.2) is 18.2 Å². The van der Waals surface area contributed by atoms with Gasteiger partial charge in [-0.05, 0) is 18.2 Å². The van der Waals surface area contributed by atoms with E-state index >= 15 is 0 Å². The van der Waals surface area contributed by atoms with Gasteiger partial charge in [0.05, 0.1) is 20.3 Å². The SMILES string of the molecule is COc1ccc(Cl)cc1CNCCN1CCOCC1. The lowest BCUT2D eigenvalue weighted by molar-refractivity contribution is 0.0384. The maximum absolute atomic E-state index is 6.00. The molecule has 1 aliphatic rings. The molecule has 5 heteroatoms. The molecule has 1 saturated heterocycles. The summed E-state index contributed by atoms with van der Waals surface area (Å²) in [7, 11) is 1.68. The number of benzene rings is 1. The first-order chi connectivity index (χ1) is 9.29. The summed E-state index contributed by atoms with van der Waals surface area (Å²) in [5.74, 6) is 0.878. The summed E-state index contributed by atoms with van der Waals surface area (Å²) < 4.78 is 10.6. The third kappa shape index (κ3) is 4.66. The van der Waals surface area contributed by atoms with Crippen molar-refractivity contribution in [1.29, 1.82) is 0 Å². The fourth-order valence-electron chi connectivity index (χ4n) is 2.17. The summed E-state index contributed by atoms with van der Waals surface area (Å²) in [6.07, 6.45) is 0. The number of halogens is 1. The third-order valence-electron chi connectivity index (χ3n) is 3.27. The highest BCUT2D eigenvalue weighted by atomic mass is 35.5. The normalized spacial score (nSPS) is 16.5. The van der Waals surface area contributed by atoms with E-state index in [1.165, 1.54) is 0 Å². The third-order valence-corrected chi connectivity index (χ3v) is 3.50. The molecule has 2 rings (SSSR count). The lowest BCUT2D eigenvalue weighted by Gasteiger charge is -2.26. The van der Waals surface area contributed by atoms with Crippen molar-refractivity contribution >= 4 is 11.6 Å². The Hall–Kier alpha value is -0.810. The Labute approximate surface area is 119 Å². The lowest BCUT2D eigenvalue weighted by atomic mass is 10.2. The minimum atomic E-state index is 0.741. The summed E-state index contributed by atoms with van der Waals surface area (Å²) in [5.41, 5.74) is 1.09. The molecule has 0 unspecified atom stereocenters. The van der Waals surface area contributed by atoms with Crippen LogP contribution in [0.1, 0.15) is 5.56 Å². The Morgan fingerprint density at radius 1 is 1.37 bits per heavy atom. The quantitative estimate of drug-likeness (QED) is 0.808. The molecular formula is C14H21ClN2O2. The van der Waals surface area contributed by atoms with Crippen molar-refractivity contribution in [2.45, 2.75) is 6.54 Å². The zero-order valence-corrected chi connectivity index (χ0v) is 12.1. The van der Waals surface area contributed by atoms with E-state index in [0.29, 0.717) is 0 Å². The standard InChI is InChI=1S/C14H21ClN2O2/c1-18-14-3-2-13(15)10-12(14)11-16-4-5-17-6-8-19-9-7-17/h2-3,10,16H,4-9,11H2,1H3. The monoisotopic (exact) mass is 284 g/mol. The van der Waals surface area contributed by atoms with E-state index in [2.05, 4.69) is 10.2 Å². The van der Waals surface area contributed by atoms with Gasteiger partial charge in [0.1, 0.15) is 5.75 Å². The van der Waals surface area contributed by atoms with Gasteiger partial charge in [0.2, 0.25) is 0 Å². The van der Waals surface area contributed by atoms with Crippen LogP contribution < -0.4 is 10.1 Å². The summed E-state index contributed by atoms with van der Waals surface area (Å²) in [5, 5.41) is 4.17. The summed E-state index contributed by atoms with van der Waals surface area (Å²) in [4.78, 5) is 2.41. The molecule has 1 N–H and O–H groups in total. The van der Waals surface area contributed by atoms with Crippen molar-refractivity contribution in [2.24, 2.45) is 0 Å². The number of rotatable bonds is 6. The molecule has 0 atom stereocenters. The highest BCUT2D eigenvalue weighted by molar-refractivity contribution is 6.30. The van der Waals surface area contributed by atoms with Crippen molar-refractivity contribution in [3.63, 3.8) is 0 Å². The number of nitrogens with one attached hydrogen (secondary N) is 1. The molecule has 1 aliphatic heterocycles. The molecule has 0 aromatic heterocycles. The molecule has 19 heavy (non-hydrogen) atoms. The van der Waals surface area contributed by atoms with E-state index in [0.717, 1.165) is 62.3 Å². The molecule has 0 radical (unpaired) electrons. The predicted molar refractivity (Wildman–Crippen MR) is 77.0 cm³/mol. The Bertz CT molecular complexity index is 395. The van der Waals surface area contributed by atoms with Crippen LogP contribution in [0, 0.1) is 0 Å². The zero-order chi connectivity index (χ0) is 13.5. The summed E-state index contributed by atoms with van der Waals surface area (Å²) in [6.45, 7) is 6.53. The predicted octanol–water partition coefficient (Wildman–Crippen LogP) is 1.77. The van der Waals surface area contributed by atoms with Crippen LogP contribution in [0.5, 0.6) is 5.75 Å². The number of hydrogen-bond donors (Lipinski definition) is 1. The van der Waals surface area contributed by atoms with Crippen LogP contribution in [-0.4, -0.2) is 51.4 Å². The van der Waals surface area contributed by atoms with Gasteiger partial charge in [-0.1, -0.05) is 11.6 Å². The van der Waals surface area contributed by atoms with Gasteiger partial charge in [-0.25, -0.2) is 0 Å². The Kier molecular flexibility index (Phi) is 5.92. The highest BCUT2D eigenvalue weighted by Crippen LogP contribution is 2.22. The highest BCUT2D eigenvalue weighted by Gasteiger charge is 2.09. The van der Waals surface area contributed by atoms with Gasteiger partial charge >= 0.3 is 0 Å². The van der Waals surface area contributed by atoms with E-state index < -0.39 is 0 Å². The van der Waals surface area contributed by atoms with Gasteiger partial charge in [-0.15, -0.1) is 0 Å². The molecule has 0 aliphatic carbocycles. The van der Waals surface area contributed by atoms with Crippen LogP contribution in [0.3, 0.4) is 0 Å². The first-order valence-electron chi connectivity index (χ1n) is 6.63. The number of ether oxygens (including phenoxy) is 2. The van der Waals surface area contributed by atoms with Gasteiger partial charge < -0.3 is 14.8 Å². The second kappa shape index (κ2) is 7.70. The maximum atomic E-state index is 6.00. The minimum Gasteiger partial charge on any atom is -0.496 e. The van der Waals surface area contributed by atoms with Crippen LogP contribution in [0.2, 0.25) is 5.02 Å². The largest absolute Gasteiger partial charge is 0.496 e. The van der Waals surface area contributed by atoms with E-state index in [9.17, 15) is 0 Å². The maximum Gasteiger partial charge on any atom is 0.123 e. The molecule has 1 aromatic carbocycles. The van der Waals surface area contributed by atoms with Crippen LogP contribution in [0.25, 0.3) is 0 Å². The van der Waals surface area contributed by atoms with Gasteiger partial charge in [-0.2, -0.15) is 0 Å². The first-order valence-corrected chi connectivity index (χ1v) is 7.00. The average molecular weight is 285 g/mol. The number of methoxy groups -OCH3 is 1. The van der Waals surface area contributed by atoms with Crippen LogP contribution in [0.4, 0.5) is 0 Å². The topological polar surface area (TPSA) is 33.7 Å². The molecule has 1 aromatic rings. The summed E-state index contributed by atoms with van der Waals surface area (Å²) >= 11 is 6.00. The van der Waals surface area contributed by atoms with Gasteiger partial charge in [0.15, 0.2) is 0 Å². The molecule has 1 fully saturated rings. The molecule has 0 bridgehead atoms. The van der Waals surface area contributed by atoms with E-state index in [1.807, 2.05) is 18.2 Å². The van der Waals surface area contributed by atoms with Crippen molar-refractivity contribution in [3.8, 4) is 5.75 Å². The van der Waals surface area contributed by atoms with Crippen LogP contribution in [-0.2, 0) is 11.3 Å². The fraction of sp³-hybridized carbons (Fsp3) is 0.571. The molecule has 4 nitrogen and oxygen atoms in total. The van der Waals surface area contributed by atoms with E-state index in [-0.39, 0.29) is 0 Å². The second-order valence-electron chi connectivity index (χ2n) is 4.59. The summed E-state index contributed by atoms with van der Waals surface area (Å²) in [6, 6.07) is 5.70. The zero-order valence-electron chi connectivity index (χ0n) is 11.3. The molecular weight excluding hydrogens is 264 g/mol. The molecule has 0 amide bonds. The number of hydrogen-bond acceptors (Lipinski definition) is 4. The van der Waals surface area contributed by atoms with Gasteiger partial charge in [-0.3, -0.25) is 4.90 Å². The Morgan fingerprint density at radius 3 is 2.89 bits per heavy atom. The lowest BCUT2D eigenvalue weighted by Crippen LogP contribution is -2.40. The molecule has 0 saturated carbocycles. The molecule has 1 heterocycles. The number of morpholine rings is 1. The average Bonchev–Trinajstić information content (AvgIpc) is 2.45.